The third-order valence-corrected chi connectivity index (χ3v) is 2.74. The summed E-state index contributed by atoms with van der Waals surface area (Å²) in [6, 6.07) is 17.0. The zero-order valence-electron chi connectivity index (χ0n) is 11.8. The monoisotopic (exact) mass is 282 g/mol. The van der Waals surface area contributed by atoms with E-state index in [4.69, 9.17) is 5.73 Å². The largest absolute Gasteiger partial charge is 0.370 e. The summed E-state index contributed by atoms with van der Waals surface area (Å²) >= 11 is 0. The Morgan fingerprint density at radius 2 is 1.76 bits per heavy atom. The maximum absolute atomic E-state index is 11.7. The number of carbonyl (C=O) groups is 1. The van der Waals surface area contributed by atoms with Gasteiger partial charge in [-0.15, -0.1) is 0 Å². The number of guanidine groups is 1. The second kappa shape index (κ2) is 7.09. The number of hydrogen-bond acceptors (Lipinski definition) is 2. The molecular weight excluding hydrogens is 264 g/mol. The minimum absolute atomic E-state index is 0.0282. The highest BCUT2D eigenvalue weighted by Crippen LogP contribution is 2.08. The molecule has 0 heterocycles. The smallest absolute Gasteiger partial charge is 0.246 e. The number of amides is 1. The highest BCUT2D eigenvalue weighted by Gasteiger charge is 2.01. The van der Waals surface area contributed by atoms with Crippen molar-refractivity contribution in [1.82, 2.24) is 0 Å². The predicted molar refractivity (Wildman–Crippen MR) is 86.4 cm³/mol. The molecule has 0 bridgehead atoms. The maximum atomic E-state index is 11.7. The molecule has 0 saturated carbocycles. The van der Waals surface area contributed by atoms with Crippen LogP contribution in [0, 0.1) is 6.92 Å². The van der Waals surface area contributed by atoms with Crippen molar-refractivity contribution >= 4 is 23.2 Å². The first-order valence-electron chi connectivity index (χ1n) is 6.62. The number of nitrogens with one attached hydrogen (secondary N) is 2. The highest BCUT2D eigenvalue weighted by molar-refractivity contribution is 5.97. The van der Waals surface area contributed by atoms with Crippen molar-refractivity contribution in [2.45, 2.75) is 6.92 Å². The van der Waals surface area contributed by atoms with Crippen molar-refractivity contribution in [3.05, 3.63) is 60.2 Å². The molecule has 5 nitrogen and oxygen atoms in total. The molecule has 0 aliphatic heterocycles. The number of carbonyl (C=O) groups excluding carboxylic acids is 1. The van der Waals surface area contributed by atoms with Gasteiger partial charge < -0.3 is 16.4 Å². The molecule has 0 spiro atoms. The highest BCUT2D eigenvalue weighted by atomic mass is 16.1. The molecule has 0 fully saturated rings. The number of aliphatic imine (C=N–C) groups is 1. The van der Waals surface area contributed by atoms with Crippen LogP contribution < -0.4 is 16.4 Å². The second-order valence-corrected chi connectivity index (χ2v) is 4.61. The van der Waals surface area contributed by atoms with Gasteiger partial charge in [-0.25, -0.2) is 4.99 Å². The van der Waals surface area contributed by atoms with Gasteiger partial charge in [-0.05, 0) is 36.8 Å². The van der Waals surface area contributed by atoms with Gasteiger partial charge in [0.1, 0.15) is 6.54 Å². The number of para-hydroxylation sites is 1. The predicted octanol–water partition coefficient (Wildman–Crippen LogP) is 2.36. The molecule has 0 atom stereocenters. The average Bonchev–Trinajstić information content (AvgIpc) is 2.46. The van der Waals surface area contributed by atoms with Crippen LogP contribution in [0.1, 0.15) is 5.56 Å². The van der Waals surface area contributed by atoms with Crippen LogP contribution in [0.25, 0.3) is 0 Å². The molecule has 4 N–H and O–H groups in total. The number of rotatable bonds is 4. The lowest BCUT2D eigenvalue weighted by molar-refractivity contribution is -0.114. The number of nitrogens with two attached hydrogens (primary N) is 1. The van der Waals surface area contributed by atoms with Gasteiger partial charge in [0.15, 0.2) is 5.96 Å². The molecule has 5 heteroatoms. The zero-order valence-corrected chi connectivity index (χ0v) is 11.8. The Labute approximate surface area is 123 Å². The fourth-order valence-electron chi connectivity index (χ4n) is 1.79. The van der Waals surface area contributed by atoms with Gasteiger partial charge in [0.2, 0.25) is 5.91 Å². The topological polar surface area (TPSA) is 79.5 Å². The molecule has 0 radical (unpaired) electrons. The minimum Gasteiger partial charge on any atom is -0.370 e. The molecule has 0 aliphatic rings. The van der Waals surface area contributed by atoms with Gasteiger partial charge in [-0.3, -0.25) is 4.79 Å². The van der Waals surface area contributed by atoms with Crippen molar-refractivity contribution in [3.8, 4) is 0 Å². The number of benzene rings is 2. The maximum Gasteiger partial charge on any atom is 0.246 e. The molecule has 0 unspecified atom stereocenters. The SMILES string of the molecule is Cc1cccc(NC(N)=NCC(=O)Nc2ccccc2)c1. The fourth-order valence-corrected chi connectivity index (χ4v) is 1.79. The Hall–Kier alpha value is -2.82. The normalized spacial score (nSPS) is 11.0. The number of anilines is 2. The first-order valence-corrected chi connectivity index (χ1v) is 6.62. The summed E-state index contributed by atoms with van der Waals surface area (Å²) in [4.78, 5) is 15.7. The summed E-state index contributed by atoms with van der Waals surface area (Å²) < 4.78 is 0. The van der Waals surface area contributed by atoms with Gasteiger partial charge in [0, 0.05) is 11.4 Å². The van der Waals surface area contributed by atoms with E-state index < -0.39 is 0 Å². The summed E-state index contributed by atoms with van der Waals surface area (Å²) in [7, 11) is 0. The van der Waals surface area contributed by atoms with Crippen molar-refractivity contribution in [2.75, 3.05) is 17.2 Å². The molecule has 2 rings (SSSR count). The Morgan fingerprint density at radius 3 is 2.48 bits per heavy atom. The van der Waals surface area contributed by atoms with Gasteiger partial charge >= 0.3 is 0 Å². The Kier molecular flexibility index (Phi) is 4.93. The van der Waals surface area contributed by atoms with Crippen LogP contribution in [-0.4, -0.2) is 18.4 Å². The van der Waals surface area contributed by atoms with Crippen molar-refractivity contribution in [1.29, 1.82) is 0 Å². The number of aryl methyl sites for hydroxylation is 1. The first kappa shape index (κ1) is 14.6. The van der Waals surface area contributed by atoms with Crippen LogP contribution in [0.5, 0.6) is 0 Å². The van der Waals surface area contributed by atoms with Gasteiger partial charge in [-0.2, -0.15) is 0 Å². The van der Waals surface area contributed by atoms with E-state index in [1.165, 1.54) is 0 Å². The molecule has 1 amide bonds. The number of hydrogen-bond donors (Lipinski definition) is 3. The van der Waals surface area contributed by atoms with E-state index in [1.807, 2.05) is 61.5 Å². The summed E-state index contributed by atoms with van der Waals surface area (Å²) in [5, 5.41) is 5.69. The molecule has 21 heavy (non-hydrogen) atoms. The van der Waals surface area contributed by atoms with Crippen LogP contribution in [0.3, 0.4) is 0 Å². The van der Waals surface area contributed by atoms with Crippen LogP contribution in [-0.2, 0) is 4.79 Å². The van der Waals surface area contributed by atoms with Crippen molar-refractivity contribution in [3.63, 3.8) is 0 Å². The van der Waals surface area contributed by atoms with E-state index in [-0.39, 0.29) is 18.4 Å². The van der Waals surface area contributed by atoms with E-state index >= 15 is 0 Å². The van der Waals surface area contributed by atoms with Crippen molar-refractivity contribution < 1.29 is 4.79 Å². The summed E-state index contributed by atoms with van der Waals surface area (Å²) in [5.74, 6) is -0.000922. The van der Waals surface area contributed by atoms with Crippen LogP contribution in [0.4, 0.5) is 11.4 Å². The lowest BCUT2D eigenvalue weighted by Crippen LogP contribution is -2.25. The first-order chi connectivity index (χ1) is 10.1. The molecule has 0 saturated heterocycles. The third kappa shape index (κ3) is 4.99. The Morgan fingerprint density at radius 1 is 1.05 bits per heavy atom. The summed E-state index contributed by atoms with van der Waals surface area (Å²) in [5.41, 5.74) is 8.46. The third-order valence-electron chi connectivity index (χ3n) is 2.74. The van der Waals surface area contributed by atoms with E-state index in [9.17, 15) is 4.79 Å². The number of nitrogens with zero attached hydrogens (tertiary/aromatic N) is 1. The van der Waals surface area contributed by atoms with Gasteiger partial charge in [-0.1, -0.05) is 30.3 Å². The molecule has 0 aliphatic carbocycles. The quantitative estimate of drug-likeness (QED) is 0.595. The van der Waals surface area contributed by atoms with E-state index in [2.05, 4.69) is 15.6 Å². The molecule has 2 aromatic rings. The van der Waals surface area contributed by atoms with Gasteiger partial charge in [0.25, 0.3) is 0 Å². The van der Waals surface area contributed by atoms with E-state index in [1.54, 1.807) is 0 Å². The van der Waals surface area contributed by atoms with E-state index in [0.29, 0.717) is 0 Å². The summed E-state index contributed by atoms with van der Waals surface area (Å²) in [6.45, 7) is 1.96. The fraction of sp³-hybridized carbons (Fsp3) is 0.125. The Bertz CT molecular complexity index is 638. The zero-order chi connectivity index (χ0) is 15.1. The standard InChI is InChI=1S/C16H18N4O/c1-12-6-5-9-14(10-12)20-16(17)18-11-15(21)19-13-7-3-2-4-8-13/h2-10H,11H2,1H3,(H,19,21)(H3,17,18,20). The lowest BCUT2D eigenvalue weighted by Gasteiger charge is -2.06. The molecule has 0 aromatic heterocycles. The summed E-state index contributed by atoms with van der Waals surface area (Å²) in [6.07, 6.45) is 0. The van der Waals surface area contributed by atoms with Gasteiger partial charge in [0.05, 0.1) is 0 Å². The van der Waals surface area contributed by atoms with Crippen molar-refractivity contribution in [2.24, 2.45) is 10.7 Å². The van der Waals surface area contributed by atoms with E-state index in [0.717, 1.165) is 16.9 Å². The molecular formula is C16H18N4O. The van der Waals surface area contributed by atoms with Crippen LogP contribution in [0.2, 0.25) is 0 Å². The second-order valence-electron chi connectivity index (χ2n) is 4.61. The molecule has 2 aromatic carbocycles. The minimum atomic E-state index is -0.213. The van der Waals surface area contributed by atoms with Crippen LogP contribution in [0.15, 0.2) is 59.6 Å². The Balaban J connectivity index is 1.87. The lowest BCUT2D eigenvalue weighted by atomic mass is 10.2. The van der Waals surface area contributed by atoms with Crippen LogP contribution >= 0.6 is 0 Å². The molecule has 108 valence electrons. The average molecular weight is 282 g/mol.